The van der Waals surface area contributed by atoms with Crippen LogP contribution in [0.4, 0.5) is 0 Å². The summed E-state index contributed by atoms with van der Waals surface area (Å²) in [4.78, 5) is 10.5. The number of benzene rings is 9. The summed E-state index contributed by atoms with van der Waals surface area (Å²) in [5.41, 5.74) is 15.0. The molecule has 2 aliphatic carbocycles. The highest BCUT2D eigenvalue weighted by molar-refractivity contribution is 6.26. The molecule has 56 heavy (non-hydrogen) atoms. The van der Waals surface area contributed by atoms with Gasteiger partial charge in [-0.2, -0.15) is 0 Å². The fourth-order valence-electron chi connectivity index (χ4n) is 10.3. The fourth-order valence-corrected chi connectivity index (χ4v) is 10.3. The van der Waals surface area contributed by atoms with Crippen molar-refractivity contribution >= 4 is 54.3 Å². The second-order valence-electron chi connectivity index (χ2n) is 15.3. The van der Waals surface area contributed by atoms with Gasteiger partial charge in [-0.3, -0.25) is 0 Å². The number of nitrogens with zero attached hydrogens (tertiary/aromatic N) is 3. The number of rotatable bonds is 3. The first-order valence-corrected chi connectivity index (χ1v) is 19.3. The topological polar surface area (TPSA) is 30.7 Å². The number of fused-ring (bicyclic) bond motifs is 9. The number of para-hydroxylation sites is 1. The Kier molecular flexibility index (Phi) is 5.83. The quantitative estimate of drug-likeness (QED) is 0.183. The van der Waals surface area contributed by atoms with Gasteiger partial charge >= 0.3 is 0 Å². The lowest BCUT2D eigenvalue weighted by Gasteiger charge is -2.37. The molecule has 0 saturated heterocycles. The van der Waals surface area contributed by atoms with E-state index in [1.807, 2.05) is 0 Å². The maximum atomic E-state index is 5.33. The largest absolute Gasteiger partial charge is 0.309 e. The standard InChI is InChI=1S/C53H31N3/c1-2-13-34-30-35(27-26-32(34)12-1)51-40-19-5-8-24-45(40)54-52(55-51)36-15-9-16-37(31-36)56-46-25-11-23-44-49(46)50-47(56)29-28-33-14-10-22-43(48(33)50)53(44)41-20-6-3-17-38(41)39-18-4-7-21-42(39)53/h1-31H. The molecule has 0 aliphatic heterocycles. The molecular formula is C53H31N3. The van der Waals surface area contributed by atoms with E-state index in [0.29, 0.717) is 5.82 Å². The van der Waals surface area contributed by atoms with Crippen LogP contribution >= 0.6 is 0 Å². The summed E-state index contributed by atoms with van der Waals surface area (Å²) in [7, 11) is 0. The number of aromatic nitrogens is 3. The van der Waals surface area contributed by atoms with Gasteiger partial charge < -0.3 is 4.57 Å². The molecule has 3 nitrogen and oxygen atoms in total. The molecule has 2 aromatic heterocycles. The summed E-state index contributed by atoms with van der Waals surface area (Å²) >= 11 is 0. The normalized spacial score (nSPS) is 13.5. The molecule has 2 heterocycles. The van der Waals surface area contributed by atoms with Crippen LogP contribution in [0, 0.1) is 0 Å². The maximum Gasteiger partial charge on any atom is 0.160 e. The van der Waals surface area contributed by atoms with Crippen molar-refractivity contribution in [2.45, 2.75) is 5.41 Å². The van der Waals surface area contributed by atoms with Crippen molar-refractivity contribution in [3.8, 4) is 39.5 Å². The molecule has 0 atom stereocenters. The minimum absolute atomic E-state index is 0.431. The summed E-state index contributed by atoms with van der Waals surface area (Å²) in [6.45, 7) is 0. The van der Waals surface area contributed by atoms with Gasteiger partial charge in [-0.25, -0.2) is 9.97 Å². The third-order valence-corrected chi connectivity index (χ3v) is 12.5. The molecule has 11 aromatic rings. The SMILES string of the molecule is c1cc(-c2nc(-c3ccc4ccccc4c3)c3ccccc3n2)cc(-n2c3cccc4c3c3c5c(cccc5ccc32)C42c3ccccc3-c3ccccc32)c1. The van der Waals surface area contributed by atoms with E-state index in [0.717, 1.165) is 33.4 Å². The monoisotopic (exact) mass is 709 g/mol. The molecule has 0 saturated carbocycles. The molecule has 0 N–H and O–H groups in total. The van der Waals surface area contributed by atoms with Gasteiger partial charge in [0.1, 0.15) is 0 Å². The second-order valence-corrected chi connectivity index (χ2v) is 15.3. The van der Waals surface area contributed by atoms with Gasteiger partial charge in [-0.1, -0.05) is 152 Å². The molecule has 0 radical (unpaired) electrons. The van der Waals surface area contributed by atoms with Crippen molar-refractivity contribution in [1.29, 1.82) is 0 Å². The average molecular weight is 710 g/mol. The smallest absolute Gasteiger partial charge is 0.160 e. The van der Waals surface area contributed by atoms with E-state index in [4.69, 9.17) is 9.97 Å². The van der Waals surface area contributed by atoms with Crippen LogP contribution in [0.2, 0.25) is 0 Å². The van der Waals surface area contributed by atoms with Gasteiger partial charge in [-0.15, -0.1) is 0 Å². The van der Waals surface area contributed by atoms with Crippen molar-refractivity contribution in [3.63, 3.8) is 0 Å². The minimum Gasteiger partial charge on any atom is -0.309 e. The van der Waals surface area contributed by atoms with Crippen molar-refractivity contribution in [3.05, 3.63) is 210 Å². The van der Waals surface area contributed by atoms with Crippen LogP contribution in [0.15, 0.2) is 188 Å². The first kappa shape index (κ1) is 30.0. The van der Waals surface area contributed by atoms with Gasteiger partial charge in [-0.05, 0) is 91.3 Å². The van der Waals surface area contributed by atoms with Crippen molar-refractivity contribution in [2.75, 3.05) is 0 Å². The van der Waals surface area contributed by atoms with E-state index in [2.05, 4.69) is 193 Å². The molecule has 258 valence electrons. The van der Waals surface area contributed by atoms with Gasteiger partial charge in [0.25, 0.3) is 0 Å². The molecule has 3 heteroatoms. The van der Waals surface area contributed by atoms with Crippen molar-refractivity contribution < 1.29 is 0 Å². The van der Waals surface area contributed by atoms with Crippen LogP contribution in [-0.4, -0.2) is 14.5 Å². The highest BCUT2D eigenvalue weighted by atomic mass is 15.0. The van der Waals surface area contributed by atoms with Crippen LogP contribution in [0.3, 0.4) is 0 Å². The second kappa shape index (κ2) is 10.9. The summed E-state index contributed by atoms with van der Waals surface area (Å²) in [6, 6.07) is 68.8. The highest BCUT2D eigenvalue weighted by Crippen LogP contribution is 2.62. The number of hydrogen-bond acceptors (Lipinski definition) is 2. The molecular weight excluding hydrogens is 679 g/mol. The predicted molar refractivity (Wildman–Crippen MR) is 231 cm³/mol. The predicted octanol–water partition coefficient (Wildman–Crippen LogP) is 13.0. The molecule has 0 amide bonds. The zero-order chi connectivity index (χ0) is 36.5. The van der Waals surface area contributed by atoms with E-state index >= 15 is 0 Å². The third kappa shape index (κ3) is 3.76. The summed E-state index contributed by atoms with van der Waals surface area (Å²) < 4.78 is 2.46. The molecule has 0 fully saturated rings. The zero-order valence-electron chi connectivity index (χ0n) is 30.2. The van der Waals surface area contributed by atoms with Crippen molar-refractivity contribution in [1.82, 2.24) is 14.5 Å². The van der Waals surface area contributed by atoms with Gasteiger partial charge in [0.2, 0.25) is 0 Å². The molecule has 13 rings (SSSR count). The lowest BCUT2D eigenvalue weighted by atomic mass is 9.63. The number of hydrogen-bond donors (Lipinski definition) is 0. The Labute approximate surface area is 322 Å². The van der Waals surface area contributed by atoms with Gasteiger partial charge in [0, 0.05) is 33.0 Å². The van der Waals surface area contributed by atoms with E-state index in [9.17, 15) is 0 Å². The fraction of sp³-hybridized carbons (Fsp3) is 0.0189. The lowest BCUT2D eigenvalue weighted by molar-refractivity contribution is 0.783. The van der Waals surface area contributed by atoms with E-state index < -0.39 is 5.41 Å². The van der Waals surface area contributed by atoms with Gasteiger partial charge in [0.15, 0.2) is 5.82 Å². The Morgan fingerprint density at radius 2 is 1.04 bits per heavy atom. The summed E-state index contributed by atoms with van der Waals surface area (Å²) in [5, 5.41) is 8.71. The Bertz CT molecular complexity index is 3450. The van der Waals surface area contributed by atoms with Crippen LogP contribution in [0.1, 0.15) is 22.3 Å². The first-order valence-electron chi connectivity index (χ1n) is 19.3. The molecule has 2 aliphatic rings. The van der Waals surface area contributed by atoms with Crippen LogP contribution < -0.4 is 0 Å². The Morgan fingerprint density at radius 1 is 0.393 bits per heavy atom. The molecule has 0 bridgehead atoms. The molecule has 9 aromatic carbocycles. The molecule has 0 unspecified atom stereocenters. The molecule has 1 spiro atoms. The summed E-state index contributed by atoms with van der Waals surface area (Å²) in [6.07, 6.45) is 0. The summed E-state index contributed by atoms with van der Waals surface area (Å²) in [5.74, 6) is 0.713. The van der Waals surface area contributed by atoms with Crippen molar-refractivity contribution in [2.24, 2.45) is 0 Å². The Hall–Kier alpha value is -7.36. The van der Waals surface area contributed by atoms with E-state index in [-0.39, 0.29) is 0 Å². The zero-order valence-corrected chi connectivity index (χ0v) is 30.2. The Morgan fingerprint density at radius 3 is 1.89 bits per heavy atom. The van der Waals surface area contributed by atoms with Crippen LogP contribution in [0.25, 0.3) is 93.7 Å². The third-order valence-electron chi connectivity index (χ3n) is 12.5. The Balaban J connectivity index is 1.07. The maximum absolute atomic E-state index is 5.33. The van der Waals surface area contributed by atoms with Crippen LogP contribution in [0.5, 0.6) is 0 Å². The minimum atomic E-state index is -0.431. The van der Waals surface area contributed by atoms with E-state index in [1.165, 1.54) is 76.7 Å². The van der Waals surface area contributed by atoms with Crippen LogP contribution in [-0.2, 0) is 5.41 Å². The van der Waals surface area contributed by atoms with E-state index in [1.54, 1.807) is 0 Å². The highest BCUT2D eigenvalue weighted by Gasteiger charge is 2.49. The lowest BCUT2D eigenvalue weighted by Crippen LogP contribution is -2.30. The average Bonchev–Trinajstić information content (AvgIpc) is 3.76. The van der Waals surface area contributed by atoms with Gasteiger partial charge in [0.05, 0.1) is 27.7 Å². The first-order chi connectivity index (χ1) is 27.8.